The van der Waals surface area contributed by atoms with Crippen LogP contribution in [0.25, 0.3) is 0 Å². The second kappa shape index (κ2) is 6.36. The van der Waals surface area contributed by atoms with Gasteiger partial charge < -0.3 is 15.0 Å². The van der Waals surface area contributed by atoms with Crippen LogP contribution in [-0.2, 0) is 9.53 Å². The molecule has 0 aromatic carbocycles. The SMILES string of the molecule is CNCC1CCCN1C(=O)CCC1CCOC1. The molecule has 0 saturated carbocycles. The highest BCUT2D eigenvalue weighted by molar-refractivity contribution is 5.76. The van der Waals surface area contributed by atoms with E-state index in [1.807, 2.05) is 7.05 Å². The molecule has 4 heteroatoms. The van der Waals surface area contributed by atoms with Crippen LogP contribution >= 0.6 is 0 Å². The first-order chi connectivity index (χ1) is 8.31. The van der Waals surface area contributed by atoms with Gasteiger partial charge in [0.15, 0.2) is 0 Å². The van der Waals surface area contributed by atoms with Gasteiger partial charge in [0.2, 0.25) is 5.91 Å². The average molecular weight is 240 g/mol. The number of hydrogen-bond acceptors (Lipinski definition) is 3. The predicted octanol–water partition coefficient (Wildman–Crippen LogP) is 1.01. The van der Waals surface area contributed by atoms with Gasteiger partial charge in [-0.15, -0.1) is 0 Å². The van der Waals surface area contributed by atoms with E-state index in [2.05, 4.69) is 10.2 Å². The molecule has 1 amide bonds. The quantitative estimate of drug-likeness (QED) is 0.780. The predicted molar refractivity (Wildman–Crippen MR) is 66.8 cm³/mol. The number of rotatable bonds is 5. The first-order valence-corrected chi connectivity index (χ1v) is 6.83. The number of amides is 1. The molecule has 2 aliphatic rings. The van der Waals surface area contributed by atoms with Crippen molar-refractivity contribution in [2.24, 2.45) is 5.92 Å². The lowest BCUT2D eigenvalue weighted by atomic mass is 10.0. The molecule has 2 unspecified atom stereocenters. The summed E-state index contributed by atoms with van der Waals surface area (Å²) in [6.07, 6.45) is 5.15. The van der Waals surface area contributed by atoms with Crippen molar-refractivity contribution in [1.82, 2.24) is 10.2 Å². The van der Waals surface area contributed by atoms with Crippen molar-refractivity contribution < 1.29 is 9.53 Å². The van der Waals surface area contributed by atoms with Gasteiger partial charge in [-0.05, 0) is 38.6 Å². The highest BCUT2D eigenvalue weighted by Gasteiger charge is 2.28. The zero-order valence-corrected chi connectivity index (χ0v) is 10.8. The molecule has 0 aromatic rings. The zero-order chi connectivity index (χ0) is 12.1. The summed E-state index contributed by atoms with van der Waals surface area (Å²) in [5, 5.41) is 3.18. The second-order valence-electron chi connectivity index (χ2n) is 5.21. The highest BCUT2D eigenvalue weighted by Crippen LogP contribution is 2.22. The first-order valence-electron chi connectivity index (χ1n) is 6.83. The third-order valence-electron chi connectivity index (χ3n) is 3.93. The number of nitrogens with one attached hydrogen (secondary N) is 1. The van der Waals surface area contributed by atoms with Gasteiger partial charge in [0.05, 0.1) is 0 Å². The van der Waals surface area contributed by atoms with Crippen molar-refractivity contribution in [1.29, 1.82) is 0 Å². The van der Waals surface area contributed by atoms with Gasteiger partial charge >= 0.3 is 0 Å². The minimum Gasteiger partial charge on any atom is -0.381 e. The van der Waals surface area contributed by atoms with Crippen molar-refractivity contribution in [2.75, 3.05) is 33.4 Å². The van der Waals surface area contributed by atoms with Gasteiger partial charge in [-0.3, -0.25) is 4.79 Å². The van der Waals surface area contributed by atoms with Crippen LogP contribution in [0.3, 0.4) is 0 Å². The molecule has 4 nitrogen and oxygen atoms in total. The van der Waals surface area contributed by atoms with Gasteiger partial charge in [-0.25, -0.2) is 0 Å². The summed E-state index contributed by atoms with van der Waals surface area (Å²) in [7, 11) is 1.96. The Balaban J connectivity index is 1.74. The molecule has 98 valence electrons. The molecule has 0 aromatic heterocycles. The summed E-state index contributed by atoms with van der Waals surface area (Å²) in [6.45, 7) is 3.61. The third-order valence-corrected chi connectivity index (χ3v) is 3.93. The molecule has 2 aliphatic heterocycles. The van der Waals surface area contributed by atoms with E-state index in [-0.39, 0.29) is 0 Å². The summed E-state index contributed by atoms with van der Waals surface area (Å²) in [5.74, 6) is 0.957. The molecule has 17 heavy (non-hydrogen) atoms. The average Bonchev–Trinajstić information content (AvgIpc) is 2.97. The van der Waals surface area contributed by atoms with Crippen LogP contribution in [0.2, 0.25) is 0 Å². The Hall–Kier alpha value is -0.610. The Morgan fingerprint density at radius 2 is 2.35 bits per heavy atom. The van der Waals surface area contributed by atoms with Crippen LogP contribution in [0.4, 0.5) is 0 Å². The van der Waals surface area contributed by atoms with Crippen molar-refractivity contribution in [2.45, 2.75) is 38.1 Å². The maximum atomic E-state index is 12.1. The Labute approximate surface area is 104 Å². The van der Waals surface area contributed by atoms with Gasteiger partial charge in [-0.2, -0.15) is 0 Å². The van der Waals surface area contributed by atoms with E-state index in [0.29, 0.717) is 24.3 Å². The Morgan fingerprint density at radius 3 is 3.06 bits per heavy atom. The van der Waals surface area contributed by atoms with Crippen LogP contribution < -0.4 is 5.32 Å². The fourth-order valence-electron chi connectivity index (χ4n) is 2.89. The van der Waals surface area contributed by atoms with E-state index >= 15 is 0 Å². The monoisotopic (exact) mass is 240 g/mol. The largest absolute Gasteiger partial charge is 0.381 e. The van der Waals surface area contributed by atoms with Crippen molar-refractivity contribution >= 4 is 5.91 Å². The molecule has 2 rings (SSSR count). The van der Waals surface area contributed by atoms with E-state index in [1.54, 1.807) is 0 Å². The Kier molecular flexibility index (Phi) is 4.80. The minimum absolute atomic E-state index is 0.342. The van der Waals surface area contributed by atoms with Gasteiger partial charge in [-0.1, -0.05) is 0 Å². The number of likely N-dealkylation sites (tertiary alicyclic amines) is 1. The van der Waals surface area contributed by atoms with Crippen LogP contribution in [0.1, 0.15) is 32.1 Å². The third kappa shape index (κ3) is 3.42. The molecule has 2 fully saturated rings. The van der Waals surface area contributed by atoms with E-state index in [9.17, 15) is 4.79 Å². The number of ether oxygens (including phenoxy) is 1. The van der Waals surface area contributed by atoms with Crippen LogP contribution in [0.5, 0.6) is 0 Å². The molecule has 0 bridgehead atoms. The summed E-state index contributed by atoms with van der Waals surface area (Å²) in [4.78, 5) is 14.2. The molecule has 2 heterocycles. The van der Waals surface area contributed by atoms with Crippen LogP contribution in [0, 0.1) is 5.92 Å². The summed E-state index contributed by atoms with van der Waals surface area (Å²) in [5.41, 5.74) is 0. The lowest BCUT2D eigenvalue weighted by Crippen LogP contribution is -2.40. The maximum absolute atomic E-state index is 12.1. The number of carbonyl (C=O) groups is 1. The molecule has 0 aliphatic carbocycles. The topological polar surface area (TPSA) is 41.6 Å². The van der Waals surface area contributed by atoms with E-state index in [4.69, 9.17) is 4.74 Å². The summed E-state index contributed by atoms with van der Waals surface area (Å²) in [6, 6.07) is 0.423. The maximum Gasteiger partial charge on any atom is 0.222 e. The van der Waals surface area contributed by atoms with Gasteiger partial charge in [0, 0.05) is 38.8 Å². The first kappa shape index (κ1) is 12.8. The van der Waals surface area contributed by atoms with Crippen molar-refractivity contribution in [3.63, 3.8) is 0 Å². The molecule has 2 saturated heterocycles. The smallest absolute Gasteiger partial charge is 0.222 e. The van der Waals surface area contributed by atoms with Gasteiger partial charge in [0.25, 0.3) is 0 Å². The molecule has 1 N–H and O–H groups in total. The standard InChI is InChI=1S/C13H24N2O2/c1-14-9-12-3-2-7-15(12)13(16)5-4-11-6-8-17-10-11/h11-12,14H,2-10H2,1H3. The summed E-state index contributed by atoms with van der Waals surface area (Å²) < 4.78 is 5.34. The fourth-order valence-corrected chi connectivity index (χ4v) is 2.89. The lowest BCUT2D eigenvalue weighted by Gasteiger charge is -2.25. The number of nitrogens with zero attached hydrogens (tertiary/aromatic N) is 1. The summed E-state index contributed by atoms with van der Waals surface area (Å²) >= 11 is 0. The molecular weight excluding hydrogens is 216 g/mol. The van der Waals surface area contributed by atoms with E-state index in [0.717, 1.165) is 52.0 Å². The van der Waals surface area contributed by atoms with E-state index < -0.39 is 0 Å². The van der Waals surface area contributed by atoms with Crippen LogP contribution in [-0.4, -0.2) is 50.2 Å². The number of hydrogen-bond donors (Lipinski definition) is 1. The molecule has 0 spiro atoms. The van der Waals surface area contributed by atoms with Crippen molar-refractivity contribution in [3.05, 3.63) is 0 Å². The minimum atomic E-state index is 0.342. The van der Waals surface area contributed by atoms with E-state index in [1.165, 1.54) is 0 Å². The lowest BCUT2D eigenvalue weighted by molar-refractivity contribution is -0.132. The highest BCUT2D eigenvalue weighted by atomic mass is 16.5. The molecule has 2 atom stereocenters. The molecule has 0 radical (unpaired) electrons. The Morgan fingerprint density at radius 1 is 1.47 bits per heavy atom. The van der Waals surface area contributed by atoms with Crippen molar-refractivity contribution in [3.8, 4) is 0 Å². The number of likely N-dealkylation sites (N-methyl/N-ethyl adjacent to an activating group) is 1. The second-order valence-corrected chi connectivity index (χ2v) is 5.21. The number of carbonyl (C=O) groups excluding carboxylic acids is 1. The normalized spacial score (nSPS) is 28.9. The zero-order valence-electron chi connectivity index (χ0n) is 10.8. The van der Waals surface area contributed by atoms with Gasteiger partial charge in [0.1, 0.15) is 0 Å². The Bertz CT molecular complexity index is 252. The van der Waals surface area contributed by atoms with Crippen LogP contribution in [0.15, 0.2) is 0 Å². The molecular formula is C13H24N2O2. The fraction of sp³-hybridized carbons (Fsp3) is 0.923.